The van der Waals surface area contributed by atoms with Gasteiger partial charge < -0.3 is 5.32 Å². The van der Waals surface area contributed by atoms with Crippen LogP contribution in [0.4, 0.5) is 10.1 Å². The zero-order valence-corrected chi connectivity index (χ0v) is 15.2. The number of hydrogen-bond donors (Lipinski definition) is 1. The molecule has 0 unspecified atom stereocenters. The number of benzene rings is 2. The van der Waals surface area contributed by atoms with Crippen LogP contribution in [-0.2, 0) is 11.3 Å². The van der Waals surface area contributed by atoms with Gasteiger partial charge in [-0.2, -0.15) is 0 Å². The molecule has 1 atom stereocenters. The smallest absolute Gasteiger partial charge is 0.262 e. The SMILES string of the molecule is CCn1c(S[C@H](C)C(=O)Nc2ccccc2F)nc2ccccc2c1=O. The molecule has 1 aromatic heterocycles. The number of carbonyl (C=O) groups excluding carboxylic acids is 1. The molecular weight excluding hydrogens is 353 g/mol. The van der Waals surface area contributed by atoms with E-state index in [1.807, 2.05) is 13.0 Å². The van der Waals surface area contributed by atoms with Gasteiger partial charge in [-0.1, -0.05) is 36.0 Å². The molecule has 3 aromatic rings. The number of rotatable bonds is 5. The van der Waals surface area contributed by atoms with Crippen LogP contribution in [0.5, 0.6) is 0 Å². The second kappa shape index (κ2) is 7.70. The van der Waals surface area contributed by atoms with Crippen LogP contribution in [0.15, 0.2) is 58.5 Å². The van der Waals surface area contributed by atoms with Crippen molar-refractivity contribution in [3.63, 3.8) is 0 Å². The monoisotopic (exact) mass is 371 g/mol. The Balaban J connectivity index is 1.87. The summed E-state index contributed by atoms with van der Waals surface area (Å²) in [6.07, 6.45) is 0. The topological polar surface area (TPSA) is 64.0 Å². The van der Waals surface area contributed by atoms with Gasteiger partial charge in [-0.3, -0.25) is 14.2 Å². The molecule has 26 heavy (non-hydrogen) atoms. The van der Waals surface area contributed by atoms with E-state index >= 15 is 0 Å². The number of anilines is 1. The van der Waals surface area contributed by atoms with Crippen LogP contribution in [0.2, 0.25) is 0 Å². The molecule has 0 bridgehead atoms. The maximum atomic E-state index is 13.7. The van der Waals surface area contributed by atoms with E-state index in [4.69, 9.17) is 0 Å². The van der Waals surface area contributed by atoms with Crippen LogP contribution in [0, 0.1) is 5.82 Å². The first kappa shape index (κ1) is 18.1. The summed E-state index contributed by atoms with van der Waals surface area (Å²) in [6.45, 7) is 3.99. The maximum Gasteiger partial charge on any atom is 0.262 e. The first-order chi connectivity index (χ1) is 12.5. The van der Waals surface area contributed by atoms with Crippen molar-refractivity contribution in [3.05, 3.63) is 64.7 Å². The molecule has 0 aliphatic rings. The van der Waals surface area contributed by atoms with E-state index in [2.05, 4.69) is 10.3 Å². The molecule has 134 valence electrons. The molecule has 0 aliphatic carbocycles. The Morgan fingerprint density at radius 2 is 1.92 bits per heavy atom. The molecule has 1 N–H and O–H groups in total. The fourth-order valence-corrected chi connectivity index (χ4v) is 3.50. The van der Waals surface area contributed by atoms with Crippen LogP contribution >= 0.6 is 11.8 Å². The third-order valence-corrected chi connectivity index (χ3v) is 5.02. The molecule has 5 nitrogen and oxygen atoms in total. The molecule has 1 heterocycles. The number of carbonyl (C=O) groups is 1. The lowest BCUT2D eigenvalue weighted by Crippen LogP contribution is -2.26. The molecule has 0 spiro atoms. The third kappa shape index (κ3) is 3.62. The number of hydrogen-bond acceptors (Lipinski definition) is 4. The van der Waals surface area contributed by atoms with Gasteiger partial charge in [0.1, 0.15) is 5.82 Å². The zero-order valence-electron chi connectivity index (χ0n) is 14.4. The van der Waals surface area contributed by atoms with Crippen molar-refractivity contribution in [2.75, 3.05) is 5.32 Å². The van der Waals surface area contributed by atoms with Gasteiger partial charge in [0, 0.05) is 6.54 Å². The number of fused-ring (bicyclic) bond motifs is 1. The van der Waals surface area contributed by atoms with Gasteiger partial charge in [-0.15, -0.1) is 0 Å². The maximum absolute atomic E-state index is 13.7. The Morgan fingerprint density at radius 3 is 2.65 bits per heavy atom. The Hall–Kier alpha value is -2.67. The van der Waals surface area contributed by atoms with Gasteiger partial charge in [0.15, 0.2) is 5.16 Å². The molecule has 0 radical (unpaired) electrons. The van der Waals surface area contributed by atoms with E-state index in [0.717, 1.165) is 0 Å². The molecule has 1 amide bonds. The van der Waals surface area contributed by atoms with Crippen LogP contribution in [0.3, 0.4) is 0 Å². The van der Waals surface area contributed by atoms with Crippen LogP contribution in [0.25, 0.3) is 10.9 Å². The second-order valence-electron chi connectivity index (χ2n) is 5.69. The summed E-state index contributed by atoms with van der Waals surface area (Å²) in [4.78, 5) is 29.6. The highest BCUT2D eigenvalue weighted by Crippen LogP contribution is 2.24. The first-order valence-electron chi connectivity index (χ1n) is 8.23. The number of halogens is 1. The van der Waals surface area contributed by atoms with E-state index in [1.54, 1.807) is 41.8 Å². The van der Waals surface area contributed by atoms with Crippen molar-refractivity contribution in [2.45, 2.75) is 30.8 Å². The molecule has 0 saturated heterocycles. The quantitative estimate of drug-likeness (QED) is 0.549. The first-order valence-corrected chi connectivity index (χ1v) is 9.11. The average molecular weight is 371 g/mol. The Morgan fingerprint density at radius 1 is 1.23 bits per heavy atom. The third-order valence-electron chi connectivity index (χ3n) is 3.93. The van der Waals surface area contributed by atoms with Crippen LogP contribution < -0.4 is 10.9 Å². The number of thioether (sulfide) groups is 1. The molecular formula is C19H18FN3O2S. The summed E-state index contributed by atoms with van der Waals surface area (Å²) >= 11 is 1.17. The van der Waals surface area contributed by atoms with Gasteiger partial charge >= 0.3 is 0 Å². The summed E-state index contributed by atoms with van der Waals surface area (Å²) in [5.41, 5.74) is 0.582. The molecule has 0 fully saturated rings. The van der Waals surface area contributed by atoms with Gasteiger partial charge in [-0.05, 0) is 38.1 Å². The number of nitrogens with zero attached hydrogens (tertiary/aromatic N) is 2. The fraction of sp³-hybridized carbons (Fsp3) is 0.211. The number of aromatic nitrogens is 2. The van der Waals surface area contributed by atoms with Gasteiger partial charge in [0.2, 0.25) is 5.91 Å². The van der Waals surface area contributed by atoms with Crippen molar-refractivity contribution in [3.8, 4) is 0 Å². The Bertz CT molecular complexity index is 1020. The van der Waals surface area contributed by atoms with Crippen molar-refractivity contribution in [1.29, 1.82) is 0 Å². The van der Waals surface area contributed by atoms with E-state index in [1.165, 1.54) is 23.9 Å². The summed E-state index contributed by atoms with van der Waals surface area (Å²) in [7, 11) is 0. The number of amides is 1. The highest BCUT2D eigenvalue weighted by molar-refractivity contribution is 8.00. The Kier molecular flexibility index (Phi) is 5.37. The standard InChI is InChI=1S/C19H18FN3O2S/c1-3-23-18(25)13-8-4-6-10-15(13)22-19(23)26-12(2)17(24)21-16-11-7-5-9-14(16)20/h4-12H,3H2,1-2H3,(H,21,24)/t12-/m1/s1. The van der Waals surface area contributed by atoms with E-state index in [9.17, 15) is 14.0 Å². The van der Waals surface area contributed by atoms with Gasteiger partial charge in [-0.25, -0.2) is 9.37 Å². The van der Waals surface area contributed by atoms with Crippen molar-refractivity contribution >= 4 is 34.3 Å². The summed E-state index contributed by atoms with van der Waals surface area (Å²) < 4.78 is 15.2. The lowest BCUT2D eigenvalue weighted by Gasteiger charge is -2.15. The second-order valence-corrected chi connectivity index (χ2v) is 7.00. The Labute approximate surface area is 154 Å². The van der Waals surface area contributed by atoms with Crippen molar-refractivity contribution in [1.82, 2.24) is 9.55 Å². The number of nitrogens with one attached hydrogen (secondary N) is 1. The average Bonchev–Trinajstić information content (AvgIpc) is 2.64. The zero-order chi connectivity index (χ0) is 18.7. The van der Waals surface area contributed by atoms with E-state index in [-0.39, 0.29) is 17.2 Å². The highest BCUT2D eigenvalue weighted by atomic mass is 32.2. The minimum atomic E-state index is -0.555. The minimum Gasteiger partial charge on any atom is -0.323 e. The lowest BCUT2D eigenvalue weighted by atomic mass is 10.2. The minimum absolute atomic E-state index is 0.129. The molecule has 2 aromatic carbocycles. The van der Waals surface area contributed by atoms with Crippen LogP contribution in [-0.4, -0.2) is 20.7 Å². The normalized spacial score (nSPS) is 12.1. The van der Waals surface area contributed by atoms with E-state index < -0.39 is 11.1 Å². The van der Waals surface area contributed by atoms with Crippen molar-refractivity contribution < 1.29 is 9.18 Å². The highest BCUT2D eigenvalue weighted by Gasteiger charge is 2.19. The predicted molar refractivity (Wildman–Crippen MR) is 102 cm³/mol. The number of para-hydroxylation sites is 2. The largest absolute Gasteiger partial charge is 0.323 e. The predicted octanol–water partition coefficient (Wildman–Crippen LogP) is 3.67. The van der Waals surface area contributed by atoms with Gasteiger partial charge in [0.25, 0.3) is 5.56 Å². The summed E-state index contributed by atoms with van der Waals surface area (Å²) in [6, 6.07) is 13.1. The molecule has 0 saturated carbocycles. The van der Waals surface area contributed by atoms with Crippen LogP contribution in [0.1, 0.15) is 13.8 Å². The lowest BCUT2D eigenvalue weighted by molar-refractivity contribution is -0.115. The summed E-state index contributed by atoms with van der Waals surface area (Å²) in [5.74, 6) is -0.850. The molecule has 7 heteroatoms. The van der Waals surface area contributed by atoms with E-state index in [0.29, 0.717) is 22.6 Å². The molecule has 3 rings (SSSR count). The van der Waals surface area contributed by atoms with Crippen molar-refractivity contribution in [2.24, 2.45) is 0 Å². The van der Waals surface area contributed by atoms with Gasteiger partial charge in [0.05, 0.1) is 21.8 Å². The molecule has 0 aliphatic heterocycles. The summed E-state index contributed by atoms with van der Waals surface area (Å²) in [5, 5.41) is 3.02. The fourth-order valence-electron chi connectivity index (χ4n) is 2.53.